The molecule has 1 saturated heterocycles. The second-order valence-electron chi connectivity index (χ2n) is 9.33. The molecule has 1 saturated carbocycles. The molecule has 7 heteroatoms. The standard InChI is InChI=1S/C23H35ClN6/c1-16(2)15-30-22(24)21(17(3)27-30)19-11-8-14-29(19)20-12-13-25-23(26-20)28(4)18-9-6-5-7-10-18/h12-13,16,18-19H,5-11,14-15H2,1-4H3. The highest BCUT2D eigenvalue weighted by Gasteiger charge is 2.33. The maximum Gasteiger partial charge on any atom is 0.227 e. The summed E-state index contributed by atoms with van der Waals surface area (Å²) in [6, 6.07) is 2.81. The Morgan fingerprint density at radius 3 is 2.67 bits per heavy atom. The monoisotopic (exact) mass is 430 g/mol. The van der Waals surface area contributed by atoms with Gasteiger partial charge in [-0.2, -0.15) is 10.1 Å². The third-order valence-corrected chi connectivity index (χ3v) is 6.99. The van der Waals surface area contributed by atoms with Gasteiger partial charge in [-0.15, -0.1) is 0 Å². The summed E-state index contributed by atoms with van der Waals surface area (Å²) in [5.74, 6) is 2.34. The molecule has 164 valence electrons. The van der Waals surface area contributed by atoms with Gasteiger partial charge in [0, 0.05) is 37.9 Å². The van der Waals surface area contributed by atoms with Gasteiger partial charge in [-0.3, -0.25) is 4.68 Å². The van der Waals surface area contributed by atoms with Crippen molar-refractivity contribution >= 4 is 23.4 Å². The molecule has 1 aliphatic carbocycles. The van der Waals surface area contributed by atoms with Gasteiger partial charge in [0.25, 0.3) is 0 Å². The molecule has 4 rings (SSSR count). The second-order valence-corrected chi connectivity index (χ2v) is 9.69. The van der Waals surface area contributed by atoms with Crippen LogP contribution in [0.3, 0.4) is 0 Å². The zero-order chi connectivity index (χ0) is 21.3. The summed E-state index contributed by atoms with van der Waals surface area (Å²) >= 11 is 6.82. The van der Waals surface area contributed by atoms with E-state index in [0.29, 0.717) is 12.0 Å². The lowest BCUT2D eigenvalue weighted by Crippen LogP contribution is -2.35. The van der Waals surface area contributed by atoms with Gasteiger partial charge in [0.05, 0.1) is 11.7 Å². The summed E-state index contributed by atoms with van der Waals surface area (Å²) in [5.41, 5.74) is 2.20. The second kappa shape index (κ2) is 9.13. The molecule has 1 aliphatic heterocycles. The highest BCUT2D eigenvalue weighted by Crippen LogP contribution is 2.40. The Morgan fingerprint density at radius 1 is 1.17 bits per heavy atom. The van der Waals surface area contributed by atoms with Crippen molar-refractivity contribution in [3.8, 4) is 0 Å². The zero-order valence-electron chi connectivity index (χ0n) is 18.8. The van der Waals surface area contributed by atoms with Crippen molar-refractivity contribution in [3.63, 3.8) is 0 Å². The molecule has 2 aromatic heterocycles. The van der Waals surface area contributed by atoms with E-state index in [1.807, 2.05) is 16.9 Å². The highest BCUT2D eigenvalue weighted by molar-refractivity contribution is 6.30. The Morgan fingerprint density at radius 2 is 1.93 bits per heavy atom. The van der Waals surface area contributed by atoms with E-state index in [-0.39, 0.29) is 6.04 Å². The smallest absolute Gasteiger partial charge is 0.227 e. The average molecular weight is 431 g/mol. The molecule has 0 N–H and O–H groups in total. The molecule has 30 heavy (non-hydrogen) atoms. The molecule has 1 unspecified atom stereocenters. The van der Waals surface area contributed by atoms with E-state index in [9.17, 15) is 0 Å². The zero-order valence-corrected chi connectivity index (χ0v) is 19.6. The van der Waals surface area contributed by atoms with Crippen LogP contribution in [-0.4, -0.2) is 39.4 Å². The van der Waals surface area contributed by atoms with Crippen molar-refractivity contribution in [3.05, 3.63) is 28.7 Å². The quantitative estimate of drug-likeness (QED) is 0.613. The number of aromatic nitrogens is 4. The largest absolute Gasteiger partial charge is 0.349 e. The van der Waals surface area contributed by atoms with Crippen molar-refractivity contribution in [1.82, 2.24) is 19.7 Å². The predicted octanol–water partition coefficient (Wildman–Crippen LogP) is 5.40. The van der Waals surface area contributed by atoms with Crippen molar-refractivity contribution < 1.29 is 0 Å². The van der Waals surface area contributed by atoms with Crippen LogP contribution in [0.5, 0.6) is 0 Å². The highest BCUT2D eigenvalue weighted by atomic mass is 35.5. The van der Waals surface area contributed by atoms with E-state index in [1.165, 1.54) is 32.1 Å². The molecule has 0 amide bonds. The maximum atomic E-state index is 6.82. The first-order valence-electron chi connectivity index (χ1n) is 11.5. The van der Waals surface area contributed by atoms with Crippen molar-refractivity contribution in [2.75, 3.05) is 23.4 Å². The van der Waals surface area contributed by atoms with Crippen LogP contribution in [0.2, 0.25) is 5.15 Å². The molecule has 2 aliphatic rings. The van der Waals surface area contributed by atoms with E-state index in [2.05, 4.69) is 42.6 Å². The molecule has 1 atom stereocenters. The molecule has 0 bridgehead atoms. The lowest BCUT2D eigenvalue weighted by atomic mass is 9.95. The average Bonchev–Trinajstić information content (AvgIpc) is 3.32. The Labute approximate surface area is 185 Å². The van der Waals surface area contributed by atoms with E-state index in [0.717, 1.165) is 54.1 Å². The Bertz CT molecular complexity index is 857. The van der Waals surface area contributed by atoms with Gasteiger partial charge in [-0.05, 0) is 44.6 Å². The van der Waals surface area contributed by atoms with E-state index in [1.54, 1.807) is 0 Å². The van der Waals surface area contributed by atoms with Gasteiger partial charge in [-0.25, -0.2) is 4.98 Å². The van der Waals surface area contributed by atoms with E-state index >= 15 is 0 Å². The molecule has 3 heterocycles. The van der Waals surface area contributed by atoms with Crippen LogP contribution in [0.1, 0.15) is 76.1 Å². The fraction of sp³-hybridized carbons (Fsp3) is 0.696. The maximum absolute atomic E-state index is 6.82. The lowest BCUT2D eigenvalue weighted by molar-refractivity contribution is 0.424. The van der Waals surface area contributed by atoms with E-state index in [4.69, 9.17) is 21.7 Å². The van der Waals surface area contributed by atoms with Gasteiger partial charge in [0.2, 0.25) is 5.95 Å². The SMILES string of the molecule is Cc1nn(CC(C)C)c(Cl)c1C1CCCN1c1ccnc(N(C)C2CCCCC2)n1. The van der Waals surface area contributed by atoms with Crippen molar-refractivity contribution in [2.45, 2.75) is 84.3 Å². The van der Waals surface area contributed by atoms with Gasteiger partial charge in [0.15, 0.2) is 0 Å². The molecule has 0 radical (unpaired) electrons. The topological polar surface area (TPSA) is 50.1 Å². The third-order valence-electron chi connectivity index (χ3n) is 6.59. The summed E-state index contributed by atoms with van der Waals surface area (Å²) < 4.78 is 1.97. The van der Waals surface area contributed by atoms with E-state index < -0.39 is 0 Å². The van der Waals surface area contributed by atoms with Crippen molar-refractivity contribution in [2.24, 2.45) is 5.92 Å². The first-order valence-corrected chi connectivity index (χ1v) is 11.9. The number of rotatable bonds is 6. The van der Waals surface area contributed by atoms with Crippen LogP contribution in [0.4, 0.5) is 11.8 Å². The molecular formula is C23H35ClN6. The number of halogens is 1. The Hall–Kier alpha value is -1.82. The van der Waals surface area contributed by atoms with Crippen LogP contribution >= 0.6 is 11.6 Å². The Kier molecular flexibility index (Phi) is 6.51. The lowest BCUT2D eigenvalue weighted by Gasteiger charge is -2.32. The minimum atomic E-state index is 0.223. The van der Waals surface area contributed by atoms with Crippen LogP contribution in [0.25, 0.3) is 0 Å². The van der Waals surface area contributed by atoms with Gasteiger partial charge < -0.3 is 9.80 Å². The van der Waals surface area contributed by atoms with Gasteiger partial charge in [-0.1, -0.05) is 44.7 Å². The fourth-order valence-electron chi connectivity index (χ4n) is 5.05. The molecule has 0 aromatic carbocycles. The summed E-state index contributed by atoms with van der Waals surface area (Å²) in [5, 5.41) is 5.53. The number of nitrogens with zero attached hydrogens (tertiary/aromatic N) is 6. The number of anilines is 2. The van der Waals surface area contributed by atoms with Crippen LogP contribution in [-0.2, 0) is 6.54 Å². The minimum absolute atomic E-state index is 0.223. The Balaban J connectivity index is 1.59. The molecule has 0 spiro atoms. The summed E-state index contributed by atoms with van der Waals surface area (Å²) in [7, 11) is 2.15. The summed E-state index contributed by atoms with van der Waals surface area (Å²) in [4.78, 5) is 14.3. The normalized spacial score (nSPS) is 20.3. The fourth-order valence-corrected chi connectivity index (χ4v) is 5.42. The van der Waals surface area contributed by atoms with Crippen molar-refractivity contribution in [1.29, 1.82) is 0 Å². The third kappa shape index (κ3) is 4.29. The van der Waals surface area contributed by atoms with Gasteiger partial charge in [0.1, 0.15) is 11.0 Å². The first kappa shape index (κ1) is 21.4. The minimum Gasteiger partial charge on any atom is -0.349 e. The number of hydrogen-bond donors (Lipinski definition) is 0. The molecular weight excluding hydrogens is 396 g/mol. The van der Waals surface area contributed by atoms with Crippen LogP contribution in [0, 0.1) is 12.8 Å². The molecule has 6 nitrogen and oxygen atoms in total. The molecule has 2 fully saturated rings. The number of hydrogen-bond acceptors (Lipinski definition) is 5. The summed E-state index contributed by atoms with van der Waals surface area (Å²) in [6.07, 6.45) is 10.6. The summed E-state index contributed by atoms with van der Waals surface area (Å²) in [6.45, 7) is 8.30. The van der Waals surface area contributed by atoms with Gasteiger partial charge >= 0.3 is 0 Å². The number of aryl methyl sites for hydroxylation is 1. The molecule has 2 aromatic rings. The van der Waals surface area contributed by atoms with Crippen LogP contribution < -0.4 is 9.80 Å². The van der Waals surface area contributed by atoms with Crippen LogP contribution in [0.15, 0.2) is 12.3 Å². The predicted molar refractivity (Wildman–Crippen MR) is 123 cm³/mol. The first-order chi connectivity index (χ1) is 14.5.